The van der Waals surface area contributed by atoms with Crippen molar-refractivity contribution in [3.63, 3.8) is 0 Å². The molecule has 2 bridgehead atoms. The zero-order chi connectivity index (χ0) is 24.1. The number of benzene rings is 1. The largest absolute Gasteiger partial charge is 0.467 e. The molecule has 0 radical (unpaired) electrons. The molecule has 1 N–H and O–H groups in total. The van der Waals surface area contributed by atoms with Gasteiger partial charge in [-0.2, -0.15) is 15.1 Å². The summed E-state index contributed by atoms with van der Waals surface area (Å²) in [6, 6.07) is 6.69. The number of fused-ring (bicyclic) bond motifs is 3. The number of hydrogen-bond acceptors (Lipinski definition) is 8. The molecule has 9 nitrogen and oxygen atoms in total. The zero-order valence-corrected chi connectivity index (χ0v) is 20.1. The standard InChI is InChI=1S/C25H31FN6O3/c1-15-7-16-11-27-32(22(16)9-20(15)19-3-4-30(5-6-33)13-21(19)26)24-10-23(28-25(29-24)34-2)31-12-18-8-17(31)14-35-18/h7,9-11,17-19,21,33H,3-6,8,12-14H2,1-2H3/t17-,18-,19?,21?/m0/s1. The lowest BCUT2D eigenvalue weighted by Crippen LogP contribution is -2.42. The zero-order valence-electron chi connectivity index (χ0n) is 20.1. The summed E-state index contributed by atoms with van der Waals surface area (Å²) in [5, 5.41) is 14.8. The minimum atomic E-state index is -0.985. The lowest BCUT2D eigenvalue weighted by molar-refractivity contribution is 0.0988. The van der Waals surface area contributed by atoms with E-state index in [1.165, 1.54) is 0 Å². The van der Waals surface area contributed by atoms with Crippen LogP contribution in [0, 0.1) is 6.92 Å². The van der Waals surface area contributed by atoms with Gasteiger partial charge in [0.1, 0.15) is 12.0 Å². The maximum atomic E-state index is 15.2. The lowest BCUT2D eigenvalue weighted by Gasteiger charge is -2.35. The van der Waals surface area contributed by atoms with E-state index < -0.39 is 6.17 Å². The van der Waals surface area contributed by atoms with Crippen molar-refractivity contribution in [3.05, 3.63) is 35.5 Å². The SMILES string of the molecule is COc1nc(N2C[C@@H]3C[C@H]2CO3)cc(-n2ncc3cc(C)c(C4CCN(CCO)CC4F)cc32)n1. The number of nitrogens with zero attached hydrogens (tertiary/aromatic N) is 6. The van der Waals surface area contributed by atoms with E-state index in [2.05, 4.69) is 32.1 Å². The smallest absolute Gasteiger partial charge is 0.320 e. The van der Waals surface area contributed by atoms with Gasteiger partial charge >= 0.3 is 6.01 Å². The van der Waals surface area contributed by atoms with Crippen LogP contribution >= 0.6 is 0 Å². The Bertz CT molecular complexity index is 1240. The van der Waals surface area contributed by atoms with Gasteiger partial charge in [-0.25, -0.2) is 9.07 Å². The van der Waals surface area contributed by atoms with E-state index in [4.69, 9.17) is 9.47 Å². The molecule has 4 atom stereocenters. The number of aliphatic hydroxyl groups is 1. The van der Waals surface area contributed by atoms with Gasteiger partial charge in [0, 0.05) is 37.0 Å². The molecule has 0 saturated carbocycles. The quantitative estimate of drug-likeness (QED) is 0.572. The minimum Gasteiger partial charge on any atom is -0.467 e. The van der Waals surface area contributed by atoms with E-state index in [1.807, 2.05) is 24.1 Å². The molecule has 3 saturated heterocycles. The van der Waals surface area contributed by atoms with Crippen molar-refractivity contribution in [1.29, 1.82) is 0 Å². The second-order valence-electron chi connectivity index (χ2n) is 9.83. The van der Waals surface area contributed by atoms with Crippen LogP contribution < -0.4 is 9.64 Å². The number of aryl methyl sites for hydroxylation is 1. The average Bonchev–Trinajstić information content (AvgIpc) is 3.60. The van der Waals surface area contributed by atoms with Gasteiger partial charge in [-0.05, 0) is 49.6 Å². The molecule has 3 aliphatic heterocycles. The molecule has 1 aromatic carbocycles. The van der Waals surface area contributed by atoms with Crippen LogP contribution in [0.5, 0.6) is 6.01 Å². The maximum Gasteiger partial charge on any atom is 0.320 e. The Labute approximate surface area is 203 Å². The van der Waals surface area contributed by atoms with Crippen LogP contribution in [-0.2, 0) is 4.74 Å². The van der Waals surface area contributed by atoms with E-state index in [0.717, 1.165) is 47.4 Å². The number of piperidine rings is 1. The van der Waals surface area contributed by atoms with Crippen LogP contribution in [0.15, 0.2) is 24.4 Å². The first-order valence-corrected chi connectivity index (χ1v) is 12.3. The van der Waals surface area contributed by atoms with Gasteiger partial charge in [0.25, 0.3) is 0 Å². The molecule has 5 heterocycles. The fourth-order valence-electron chi connectivity index (χ4n) is 5.88. The number of β-amino-alcohol motifs (C(OH)–C–C–N with tert-alkyl or cyclic N) is 1. The van der Waals surface area contributed by atoms with Gasteiger partial charge < -0.3 is 19.5 Å². The molecule has 0 aliphatic carbocycles. The summed E-state index contributed by atoms with van der Waals surface area (Å²) in [5.41, 5.74) is 2.95. The summed E-state index contributed by atoms with van der Waals surface area (Å²) >= 11 is 0. The first-order chi connectivity index (χ1) is 17.0. The maximum absolute atomic E-state index is 15.2. The van der Waals surface area contributed by atoms with E-state index >= 15 is 4.39 Å². The van der Waals surface area contributed by atoms with Gasteiger partial charge in [-0.1, -0.05) is 0 Å². The summed E-state index contributed by atoms with van der Waals surface area (Å²) in [4.78, 5) is 13.4. The lowest BCUT2D eigenvalue weighted by atomic mass is 9.85. The Morgan fingerprint density at radius 1 is 1.20 bits per heavy atom. The Morgan fingerprint density at radius 3 is 2.77 bits per heavy atom. The number of ether oxygens (including phenoxy) is 2. The first kappa shape index (κ1) is 22.6. The first-order valence-electron chi connectivity index (χ1n) is 12.3. The predicted octanol–water partition coefficient (Wildman–Crippen LogP) is 2.23. The third-order valence-electron chi connectivity index (χ3n) is 7.67. The Hall–Kier alpha value is -2.82. The third-order valence-corrected chi connectivity index (χ3v) is 7.67. The molecule has 186 valence electrons. The predicted molar refractivity (Wildman–Crippen MR) is 129 cm³/mol. The van der Waals surface area contributed by atoms with Crippen LogP contribution in [0.4, 0.5) is 10.2 Å². The van der Waals surface area contributed by atoms with Crippen LogP contribution in [0.25, 0.3) is 16.7 Å². The van der Waals surface area contributed by atoms with Gasteiger partial charge in [-0.3, -0.25) is 4.90 Å². The number of anilines is 1. The number of methoxy groups -OCH3 is 1. The number of halogens is 1. The van der Waals surface area contributed by atoms with Crippen molar-refractivity contribution in [2.45, 2.75) is 44.0 Å². The second-order valence-corrected chi connectivity index (χ2v) is 9.83. The monoisotopic (exact) mass is 482 g/mol. The molecule has 2 unspecified atom stereocenters. The number of aromatic nitrogens is 4. The topological polar surface area (TPSA) is 88.8 Å². The van der Waals surface area contributed by atoms with Gasteiger partial charge in [0.05, 0.1) is 44.2 Å². The fraction of sp³-hybridized carbons (Fsp3) is 0.560. The number of aliphatic hydroxyl groups excluding tert-OH is 1. The summed E-state index contributed by atoms with van der Waals surface area (Å²) in [6.07, 6.45) is 2.81. The van der Waals surface area contributed by atoms with Crippen LogP contribution in [0.2, 0.25) is 0 Å². The van der Waals surface area contributed by atoms with Crippen LogP contribution in [0.3, 0.4) is 0 Å². The molecule has 3 aliphatic rings. The van der Waals surface area contributed by atoms with Crippen LogP contribution in [0.1, 0.15) is 29.9 Å². The molecule has 10 heteroatoms. The molecular formula is C25H31FN6O3. The van der Waals surface area contributed by atoms with Crippen molar-refractivity contribution >= 4 is 16.7 Å². The number of likely N-dealkylation sites (tertiary alicyclic amines) is 1. The summed E-state index contributed by atoms with van der Waals surface area (Å²) in [6.45, 7) is 5.24. The molecule has 2 aromatic heterocycles. The Kier molecular flexibility index (Phi) is 5.82. The molecule has 0 spiro atoms. The highest BCUT2D eigenvalue weighted by atomic mass is 19.1. The van der Waals surface area contributed by atoms with Gasteiger partial charge in [0.2, 0.25) is 0 Å². The summed E-state index contributed by atoms with van der Waals surface area (Å²) in [7, 11) is 1.56. The number of hydrogen-bond donors (Lipinski definition) is 1. The van der Waals surface area contributed by atoms with E-state index in [0.29, 0.717) is 38.0 Å². The fourth-order valence-corrected chi connectivity index (χ4v) is 5.88. The molecular weight excluding hydrogens is 451 g/mol. The Morgan fingerprint density at radius 2 is 2.06 bits per heavy atom. The van der Waals surface area contributed by atoms with Gasteiger partial charge in [0.15, 0.2) is 5.82 Å². The molecule has 6 rings (SSSR count). The highest BCUT2D eigenvalue weighted by molar-refractivity contribution is 5.82. The normalized spacial score (nSPS) is 26.7. The van der Waals surface area contributed by atoms with Crippen LogP contribution in [-0.4, -0.2) is 94.6 Å². The number of alkyl halides is 1. The number of morpholine rings is 1. The highest BCUT2D eigenvalue weighted by Gasteiger charge is 2.40. The molecule has 3 fully saturated rings. The van der Waals surface area contributed by atoms with E-state index in [1.54, 1.807) is 11.8 Å². The minimum absolute atomic E-state index is 0.0534. The van der Waals surface area contributed by atoms with Gasteiger partial charge in [-0.15, -0.1) is 0 Å². The number of rotatable bonds is 6. The molecule has 35 heavy (non-hydrogen) atoms. The average molecular weight is 483 g/mol. The summed E-state index contributed by atoms with van der Waals surface area (Å²) in [5.74, 6) is 1.24. The highest BCUT2D eigenvalue weighted by Crippen LogP contribution is 2.36. The van der Waals surface area contributed by atoms with Crippen molar-refractivity contribution in [1.82, 2.24) is 24.6 Å². The van der Waals surface area contributed by atoms with Crippen molar-refractivity contribution in [2.24, 2.45) is 0 Å². The molecule has 3 aromatic rings. The summed E-state index contributed by atoms with van der Waals surface area (Å²) < 4.78 is 28.2. The Balaban J connectivity index is 1.37. The van der Waals surface area contributed by atoms with Crippen molar-refractivity contribution in [2.75, 3.05) is 51.4 Å². The third kappa shape index (κ3) is 4.03. The van der Waals surface area contributed by atoms with Crippen molar-refractivity contribution in [3.8, 4) is 11.8 Å². The second kappa shape index (κ2) is 9.00. The van der Waals surface area contributed by atoms with E-state index in [-0.39, 0.29) is 24.6 Å². The van der Waals surface area contributed by atoms with Crippen molar-refractivity contribution < 1.29 is 19.0 Å². The molecule has 0 amide bonds. The van der Waals surface area contributed by atoms with E-state index in [9.17, 15) is 5.11 Å².